The van der Waals surface area contributed by atoms with E-state index in [2.05, 4.69) is 20.8 Å². The molecule has 0 aromatic rings. The highest BCUT2D eigenvalue weighted by atomic mass is 16.4. The second kappa shape index (κ2) is 7.69. The molecule has 4 rings (SSSR count). The Morgan fingerprint density at radius 1 is 0.963 bits per heavy atom. The molecule has 0 heterocycles. The number of fused-ring (bicyclic) bond motifs is 5. The van der Waals surface area contributed by atoms with Gasteiger partial charge >= 0.3 is 0 Å². The lowest BCUT2D eigenvalue weighted by atomic mass is 9.44. The zero-order valence-corrected chi connectivity index (χ0v) is 18.3. The minimum absolute atomic E-state index is 0. The first-order chi connectivity index (χ1) is 12.4. The van der Waals surface area contributed by atoms with Crippen LogP contribution in [0.5, 0.6) is 0 Å². The summed E-state index contributed by atoms with van der Waals surface area (Å²) >= 11 is 0. The van der Waals surface area contributed by atoms with Crippen LogP contribution in [-0.2, 0) is 4.79 Å². The first kappa shape index (κ1) is 21.1. The molecular weight excluding hydrogens is 334 g/mol. The van der Waals surface area contributed by atoms with E-state index in [0.717, 1.165) is 36.0 Å². The molecule has 4 aliphatic rings. The summed E-state index contributed by atoms with van der Waals surface area (Å²) in [5.41, 5.74) is 1.09. The molecule has 8 atom stereocenters. The molecule has 3 heteroatoms. The zero-order chi connectivity index (χ0) is 18.5. The topological polar surface area (TPSA) is 76.6 Å². The van der Waals surface area contributed by atoms with Crippen molar-refractivity contribution in [2.24, 2.45) is 46.3 Å². The van der Waals surface area contributed by atoms with E-state index >= 15 is 0 Å². The van der Waals surface area contributed by atoms with E-state index in [-0.39, 0.29) is 12.6 Å². The van der Waals surface area contributed by atoms with Crippen molar-refractivity contribution < 1.29 is 9.90 Å². The fourth-order valence-electron chi connectivity index (χ4n) is 8.82. The SMILES string of the molecule is C[C@H](CCC(=O)[O-])[C@H]1CC[C@H]2[C@@H]3CCC4CCCC[C@]4(C)[C@H]3CC[C@]12C.[NH4+]. The van der Waals surface area contributed by atoms with E-state index in [9.17, 15) is 9.90 Å². The molecule has 4 fully saturated rings. The number of carboxylic acids is 1. The molecule has 4 saturated carbocycles. The summed E-state index contributed by atoms with van der Waals surface area (Å²) in [7, 11) is 0. The summed E-state index contributed by atoms with van der Waals surface area (Å²) < 4.78 is 0. The quantitative estimate of drug-likeness (QED) is 0.694. The third kappa shape index (κ3) is 3.36. The highest BCUT2D eigenvalue weighted by molar-refractivity contribution is 5.64. The Kier molecular flexibility index (Phi) is 6.02. The van der Waals surface area contributed by atoms with Crippen LogP contribution < -0.4 is 11.3 Å². The van der Waals surface area contributed by atoms with Crippen molar-refractivity contribution in [2.75, 3.05) is 0 Å². The number of carbonyl (C=O) groups is 1. The molecule has 0 saturated heterocycles. The molecule has 0 bridgehead atoms. The third-order valence-corrected chi connectivity index (χ3v) is 10.1. The minimum Gasteiger partial charge on any atom is -0.550 e. The molecule has 0 aromatic heterocycles. The first-order valence-corrected chi connectivity index (χ1v) is 11.6. The molecule has 27 heavy (non-hydrogen) atoms. The Labute approximate surface area is 166 Å². The average Bonchev–Trinajstić information content (AvgIpc) is 2.96. The van der Waals surface area contributed by atoms with E-state index in [4.69, 9.17) is 0 Å². The zero-order valence-electron chi connectivity index (χ0n) is 18.3. The molecule has 4 N–H and O–H groups in total. The number of hydrogen-bond acceptors (Lipinski definition) is 2. The summed E-state index contributed by atoms with van der Waals surface area (Å²) in [5, 5.41) is 10.9. The van der Waals surface area contributed by atoms with Crippen molar-refractivity contribution in [3.63, 3.8) is 0 Å². The molecule has 4 aliphatic carbocycles. The van der Waals surface area contributed by atoms with E-state index in [1.54, 1.807) is 0 Å². The van der Waals surface area contributed by atoms with Crippen molar-refractivity contribution in [2.45, 2.75) is 97.8 Å². The molecule has 0 amide bonds. The Hall–Kier alpha value is -0.570. The van der Waals surface area contributed by atoms with Crippen molar-refractivity contribution in [1.29, 1.82) is 0 Å². The van der Waals surface area contributed by atoms with Gasteiger partial charge in [-0.15, -0.1) is 0 Å². The van der Waals surface area contributed by atoms with Crippen molar-refractivity contribution >= 4 is 5.97 Å². The molecule has 0 spiro atoms. The minimum atomic E-state index is -0.871. The normalized spacial score (nSPS) is 47.1. The van der Waals surface area contributed by atoms with Crippen molar-refractivity contribution in [3.8, 4) is 0 Å². The number of quaternary nitrogens is 1. The second-order valence-corrected chi connectivity index (χ2v) is 11.0. The van der Waals surface area contributed by atoms with E-state index in [0.29, 0.717) is 16.7 Å². The molecule has 0 aromatic carbocycles. The fourth-order valence-corrected chi connectivity index (χ4v) is 8.82. The maximum Gasteiger partial charge on any atom is 0.0414 e. The number of rotatable bonds is 4. The predicted molar refractivity (Wildman–Crippen MR) is 109 cm³/mol. The maximum atomic E-state index is 10.9. The Morgan fingerprint density at radius 3 is 2.44 bits per heavy atom. The van der Waals surface area contributed by atoms with Crippen LogP contribution in [0.2, 0.25) is 0 Å². The fraction of sp³-hybridized carbons (Fsp3) is 0.958. The lowest BCUT2D eigenvalue weighted by Crippen LogP contribution is -2.53. The molecule has 3 nitrogen and oxygen atoms in total. The molecular formula is C24H43NO2. The number of hydrogen-bond donors (Lipinski definition) is 1. The number of carbonyl (C=O) groups excluding carboxylic acids is 1. The monoisotopic (exact) mass is 377 g/mol. The summed E-state index contributed by atoms with van der Waals surface area (Å²) in [6.07, 6.45) is 15.5. The lowest BCUT2D eigenvalue weighted by Gasteiger charge is -2.61. The third-order valence-electron chi connectivity index (χ3n) is 10.1. The number of aliphatic carboxylic acids is 1. The van der Waals surface area contributed by atoms with Crippen LogP contribution in [0.1, 0.15) is 97.8 Å². The van der Waals surface area contributed by atoms with E-state index in [1.807, 2.05) is 0 Å². The van der Waals surface area contributed by atoms with Crippen LogP contribution in [0.25, 0.3) is 0 Å². The van der Waals surface area contributed by atoms with Crippen LogP contribution in [0.15, 0.2) is 0 Å². The predicted octanol–water partition coefficient (Wildman–Crippen LogP) is 5.58. The molecule has 0 aliphatic heterocycles. The summed E-state index contributed by atoms with van der Waals surface area (Å²) in [6.45, 7) is 7.55. The molecule has 0 radical (unpaired) electrons. The summed E-state index contributed by atoms with van der Waals surface area (Å²) in [4.78, 5) is 10.9. The van der Waals surface area contributed by atoms with Gasteiger partial charge in [0, 0.05) is 5.97 Å². The highest BCUT2D eigenvalue weighted by Gasteiger charge is 2.59. The van der Waals surface area contributed by atoms with Gasteiger partial charge in [0.2, 0.25) is 0 Å². The van der Waals surface area contributed by atoms with E-state index < -0.39 is 5.97 Å². The summed E-state index contributed by atoms with van der Waals surface area (Å²) in [5.74, 6) is 4.20. The molecule has 156 valence electrons. The Morgan fingerprint density at radius 2 is 1.70 bits per heavy atom. The van der Waals surface area contributed by atoms with Crippen LogP contribution in [0, 0.1) is 46.3 Å². The summed E-state index contributed by atoms with van der Waals surface area (Å²) in [6, 6.07) is 0. The lowest BCUT2D eigenvalue weighted by molar-refractivity contribution is -0.306. The standard InChI is InChI=1S/C24H40O2.H3N/c1-16(7-12-22(25)26)19-10-11-20-18-9-8-17-6-4-5-14-23(17,2)21(18)13-15-24(19,20)3;/h16-21H,4-15H2,1-3H3,(H,25,26);1H3/t16-,17?,18+,19-,20+,21+,23+,24-;/m1./s1. The van der Waals surface area contributed by atoms with Crippen LogP contribution in [-0.4, -0.2) is 5.97 Å². The van der Waals surface area contributed by atoms with Crippen LogP contribution in [0.4, 0.5) is 0 Å². The van der Waals surface area contributed by atoms with Crippen molar-refractivity contribution in [1.82, 2.24) is 6.15 Å². The highest BCUT2D eigenvalue weighted by Crippen LogP contribution is 2.68. The van der Waals surface area contributed by atoms with Gasteiger partial charge in [0.05, 0.1) is 0 Å². The van der Waals surface area contributed by atoms with Crippen molar-refractivity contribution in [3.05, 3.63) is 0 Å². The molecule has 1 unspecified atom stereocenters. The van der Waals surface area contributed by atoms with Gasteiger partial charge in [0.25, 0.3) is 0 Å². The van der Waals surface area contributed by atoms with Gasteiger partial charge in [0.15, 0.2) is 0 Å². The van der Waals surface area contributed by atoms with E-state index in [1.165, 1.54) is 64.2 Å². The Bertz CT molecular complexity index is 548. The van der Waals surface area contributed by atoms with Gasteiger partial charge in [0.1, 0.15) is 0 Å². The number of carboxylic acid groups (broad SMARTS) is 1. The van der Waals surface area contributed by atoms with Gasteiger partial charge in [-0.05, 0) is 111 Å². The second-order valence-electron chi connectivity index (χ2n) is 11.0. The van der Waals surface area contributed by atoms with Crippen LogP contribution >= 0.6 is 0 Å². The van der Waals surface area contributed by atoms with Gasteiger partial charge in [-0.1, -0.05) is 33.6 Å². The Balaban J connectivity index is 0.00000210. The van der Waals surface area contributed by atoms with Gasteiger partial charge in [-0.2, -0.15) is 0 Å². The maximum absolute atomic E-state index is 10.9. The van der Waals surface area contributed by atoms with Gasteiger partial charge in [-0.3, -0.25) is 0 Å². The largest absolute Gasteiger partial charge is 0.550 e. The smallest absolute Gasteiger partial charge is 0.0414 e. The van der Waals surface area contributed by atoms with Crippen LogP contribution in [0.3, 0.4) is 0 Å². The van der Waals surface area contributed by atoms with Gasteiger partial charge in [-0.25, -0.2) is 0 Å². The average molecular weight is 378 g/mol. The van der Waals surface area contributed by atoms with Gasteiger partial charge < -0.3 is 16.1 Å². The first-order valence-electron chi connectivity index (χ1n) is 11.6.